The predicted octanol–water partition coefficient (Wildman–Crippen LogP) is 0.732. The maximum atomic E-state index is 11.7. The van der Waals surface area contributed by atoms with Crippen molar-refractivity contribution in [3.8, 4) is 0 Å². The van der Waals surface area contributed by atoms with Crippen molar-refractivity contribution >= 4 is 11.7 Å². The zero-order valence-electron chi connectivity index (χ0n) is 9.40. The zero-order chi connectivity index (χ0) is 11.4. The van der Waals surface area contributed by atoms with Gasteiger partial charge >= 0.3 is 0 Å². The second-order valence-corrected chi connectivity index (χ2v) is 3.74. The summed E-state index contributed by atoms with van der Waals surface area (Å²) in [5.74, 6) is 0.685. The number of carbonyl (C=O) groups is 1. The van der Waals surface area contributed by atoms with Crippen molar-refractivity contribution in [1.82, 2.24) is 9.78 Å². The highest BCUT2D eigenvalue weighted by Crippen LogP contribution is 2.09. The number of aromatic nitrogens is 2. The molecule has 1 amide bonds. The Morgan fingerprint density at radius 2 is 2.40 bits per heavy atom. The molecule has 5 nitrogen and oxygen atoms in total. The third-order valence-electron chi connectivity index (χ3n) is 2.63. The molecule has 1 aromatic rings. The molecule has 0 saturated carbocycles. The SMILES string of the molecule is CCC(C)C(N)C(=O)Nc1ccnn1C. The average Bonchev–Trinajstić information content (AvgIpc) is 2.62. The van der Waals surface area contributed by atoms with E-state index in [0.29, 0.717) is 5.82 Å². The Morgan fingerprint density at radius 3 is 2.87 bits per heavy atom. The molecule has 3 N–H and O–H groups in total. The van der Waals surface area contributed by atoms with E-state index in [1.807, 2.05) is 13.8 Å². The maximum Gasteiger partial charge on any atom is 0.242 e. The van der Waals surface area contributed by atoms with Gasteiger partial charge in [0.2, 0.25) is 5.91 Å². The van der Waals surface area contributed by atoms with Gasteiger partial charge in [0.25, 0.3) is 0 Å². The van der Waals surface area contributed by atoms with Crippen LogP contribution in [0.1, 0.15) is 20.3 Å². The van der Waals surface area contributed by atoms with Gasteiger partial charge in [0.1, 0.15) is 5.82 Å². The molecular weight excluding hydrogens is 192 g/mol. The van der Waals surface area contributed by atoms with E-state index in [4.69, 9.17) is 5.73 Å². The lowest BCUT2D eigenvalue weighted by atomic mass is 9.99. The van der Waals surface area contributed by atoms with E-state index in [1.165, 1.54) is 0 Å². The van der Waals surface area contributed by atoms with Gasteiger partial charge in [-0.05, 0) is 5.92 Å². The normalized spacial score (nSPS) is 14.7. The topological polar surface area (TPSA) is 72.9 Å². The summed E-state index contributed by atoms with van der Waals surface area (Å²) in [4.78, 5) is 11.7. The first-order valence-electron chi connectivity index (χ1n) is 5.10. The standard InChI is InChI=1S/C10H18N4O/c1-4-7(2)9(11)10(15)13-8-5-6-12-14(8)3/h5-7,9H,4,11H2,1-3H3,(H,13,15). The molecule has 0 spiro atoms. The molecular formula is C10H18N4O. The van der Waals surface area contributed by atoms with Crippen molar-refractivity contribution in [2.45, 2.75) is 26.3 Å². The van der Waals surface area contributed by atoms with Crippen molar-refractivity contribution in [1.29, 1.82) is 0 Å². The first kappa shape index (κ1) is 11.7. The highest BCUT2D eigenvalue weighted by Gasteiger charge is 2.19. The molecule has 0 aromatic carbocycles. The van der Waals surface area contributed by atoms with Crippen molar-refractivity contribution in [3.05, 3.63) is 12.3 Å². The van der Waals surface area contributed by atoms with Crippen molar-refractivity contribution in [2.75, 3.05) is 5.32 Å². The minimum atomic E-state index is -0.468. The molecule has 2 unspecified atom stereocenters. The van der Waals surface area contributed by atoms with E-state index < -0.39 is 6.04 Å². The number of anilines is 1. The van der Waals surface area contributed by atoms with E-state index in [-0.39, 0.29) is 11.8 Å². The van der Waals surface area contributed by atoms with E-state index >= 15 is 0 Å². The largest absolute Gasteiger partial charge is 0.320 e. The summed E-state index contributed by atoms with van der Waals surface area (Å²) in [6.45, 7) is 3.98. The number of hydrogen-bond donors (Lipinski definition) is 2. The fourth-order valence-electron chi connectivity index (χ4n) is 1.22. The number of amides is 1. The van der Waals surface area contributed by atoms with Crippen LogP contribution in [-0.4, -0.2) is 21.7 Å². The molecule has 0 aliphatic rings. The van der Waals surface area contributed by atoms with Crippen LogP contribution in [-0.2, 0) is 11.8 Å². The Kier molecular flexibility index (Phi) is 3.85. The predicted molar refractivity (Wildman–Crippen MR) is 59.3 cm³/mol. The van der Waals surface area contributed by atoms with Crippen LogP contribution in [0, 0.1) is 5.92 Å². The van der Waals surface area contributed by atoms with E-state index in [9.17, 15) is 4.79 Å². The van der Waals surface area contributed by atoms with Gasteiger partial charge in [-0.1, -0.05) is 20.3 Å². The highest BCUT2D eigenvalue weighted by atomic mass is 16.2. The first-order valence-corrected chi connectivity index (χ1v) is 5.10. The molecule has 0 bridgehead atoms. The number of carbonyl (C=O) groups excluding carboxylic acids is 1. The van der Waals surface area contributed by atoms with Crippen LogP contribution in [0.15, 0.2) is 12.3 Å². The smallest absolute Gasteiger partial charge is 0.242 e. The third-order valence-corrected chi connectivity index (χ3v) is 2.63. The zero-order valence-corrected chi connectivity index (χ0v) is 9.40. The van der Waals surface area contributed by atoms with Crippen LogP contribution < -0.4 is 11.1 Å². The van der Waals surface area contributed by atoms with Gasteiger partial charge in [0, 0.05) is 13.1 Å². The average molecular weight is 210 g/mol. The van der Waals surface area contributed by atoms with Crippen LogP contribution in [0.2, 0.25) is 0 Å². The lowest BCUT2D eigenvalue weighted by Gasteiger charge is -2.17. The molecule has 0 radical (unpaired) electrons. The van der Waals surface area contributed by atoms with Crippen molar-refractivity contribution in [3.63, 3.8) is 0 Å². The van der Waals surface area contributed by atoms with Gasteiger partial charge in [-0.2, -0.15) is 5.10 Å². The Labute approximate surface area is 89.6 Å². The van der Waals surface area contributed by atoms with Crippen LogP contribution in [0.4, 0.5) is 5.82 Å². The maximum absolute atomic E-state index is 11.7. The first-order chi connectivity index (χ1) is 7.06. The summed E-state index contributed by atoms with van der Waals surface area (Å²) in [6.07, 6.45) is 2.52. The number of aryl methyl sites for hydroxylation is 1. The molecule has 0 saturated heterocycles. The molecule has 0 fully saturated rings. The van der Waals surface area contributed by atoms with E-state index in [0.717, 1.165) is 6.42 Å². The summed E-state index contributed by atoms with van der Waals surface area (Å²) < 4.78 is 1.60. The van der Waals surface area contributed by atoms with Gasteiger partial charge in [-0.3, -0.25) is 9.48 Å². The summed E-state index contributed by atoms with van der Waals surface area (Å²) in [7, 11) is 1.77. The fraction of sp³-hybridized carbons (Fsp3) is 0.600. The lowest BCUT2D eigenvalue weighted by Crippen LogP contribution is -2.40. The minimum Gasteiger partial charge on any atom is -0.320 e. The molecule has 0 aliphatic carbocycles. The van der Waals surface area contributed by atoms with Gasteiger partial charge in [-0.25, -0.2) is 0 Å². The van der Waals surface area contributed by atoms with Gasteiger partial charge in [0.05, 0.1) is 12.2 Å². The number of hydrogen-bond acceptors (Lipinski definition) is 3. The molecule has 1 heterocycles. The van der Waals surface area contributed by atoms with Crippen LogP contribution in [0.25, 0.3) is 0 Å². The Hall–Kier alpha value is -1.36. The number of rotatable bonds is 4. The fourth-order valence-corrected chi connectivity index (χ4v) is 1.22. The summed E-state index contributed by atoms with van der Waals surface area (Å²) in [5, 5.41) is 6.70. The van der Waals surface area contributed by atoms with Crippen LogP contribution in [0.3, 0.4) is 0 Å². The Morgan fingerprint density at radius 1 is 1.73 bits per heavy atom. The highest BCUT2D eigenvalue weighted by molar-refractivity contribution is 5.94. The molecule has 5 heteroatoms. The quantitative estimate of drug-likeness (QED) is 0.769. The molecule has 1 aromatic heterocycles. The van der Waals surface area contributed by atoms with Crippen molar-refractivity contribution in [2.24, 2.45) is 18.7 Å². The van der Waals surface area contributed by atoms with E-state index in [2.05, 4.69) is 10.4 Å². The molecule has 15 heavy (non-hydrogen) atoms. The number of nitrogens with one attached hydrogen (secondary N) is 1. The second kappa shape index (κ2) is 4.93. The summed E-state index contributed by atoms with van der Waals surface area (Å²) in [5.41, 5.74) is 5.80. The minimum absolute atomic E-state index is 0.159. The van der Waals surface area contributed by atoms with Gasteiger partial charge in [0.15, 0.2) is 0 Å². The molecule has 84 valence electrons. The van der Waals surface area contributed by atoms with E-state index in [1.54, 1.807) is 24.0 Å². The Bertz CT molecular complexity index is 334. The summed E-state index contributed by atoms with van der Waals surface area (Å²) in [6, 6.07) is 1.27. The monoisotopic (exact) mass is 210 g/mol. The Balaban J connectivity index is 2.60. The number of nitrogens with two attached hydrogens (primary N) is 1. The van der Waals surface area contributed by atoms with Crippen LogP contribution in [0.5, 0.6) is 0 Å². The molecule has 0 aliphatic heterocycles. The second-order valence-electron chi connectivity index (χ2n) is 3.74. The molecule has 2 atom stereocenters. The number of nitrogens with zero attached hydrogens (tertiary/aromatic N) is 2. The lowest BCUT2D eigenvalue weighted by molar-refractivity contribution is -0.118. The van der Waals surface area contributed by atoms with Crippen molar-refractivity contribution < 1.29 is 4.79 Å². The van der Waals surface area contributed by atoms with Crippen LogP contribution >= 0.6 is 0 Å². The third kappa shape index (κ3) is 2.79. The molecule has 1 rings (SSSR count). The summed E-state index contributed by atoms with van der Waals surface area (Å²) >= 11 is 0. The van der Waals surface area contributed by atoms with Gasteiger partial charge < -0.3 is 11.1 Å². The van der Waals surface area contributed by atoms with Gasteiger partial charge in [-0.15, -0.1) is 0 Å².